The highest BCUT2D eigenvalue weighted by atomic mass is 32.1. The topological polar surface area (TPSA) is 202 Å². The number of nitrogens with one attached hydrogen (secondary N) is 3. The maximum atomic E-state index is 13.8. The van der Waals surface area contributed by atoms with Crippen LogP contribution in [-0.4, -0.2) is 107 Å². The molecule has 0 spiro atoms. The van der Waals surface area contributed by atoms with Crippen molar-refractivity contribution < 1.29 is 43.0 Å². The Balaban J connectivity index is 0.796. The highest BCUT2D eigenvalue weighted by Gasteiger charge is 2.45. The summed E-state index contributed by atoms with van der Waals surface area (Å²) in [5, 5.41) is 10.2. The van der Waals surface area contributed by atoms with Crippen molar-refractivity contribution in [1.82, 2.24) is 25.1 Å². The lowest BCUT2D eigenvalue weighted by Crippen LogP contribution is -2.54. The molecule has 65 heavy (non-hydrogen) atoms. The van der Waals surface area contributed by atoms with E-state index in [1.165, 1.54) is 16.2 Å². The van der Waals surface area contributed by atoms with E-state index in [4.69, 9.17) is 9.47 Å². The fourth-order valence-electron chi connectivity index (χ4n) is 7.76. The van der Waals surface area contributed by atoms with Gasteiger partial charge in [-0.15, -0.1) is 11.3 Å². The number of piperidine rings is 1. The molecule has 0 aliphatic carbocycles. The smallest absolute Gasteiger partial charge is 0.262 e. The molecule has 18 heteroatoms. The summed E-state index contributed by atoms with van der Waals surface area (Å²) in [6, 6.07) is 21.2. The zero-order chi connectivity index (χ0) is 45.8. The van der Waals surface area contributed by atoms with Crippen LogP contribution in [0, 0.1) is 0 Å². The maximum absolute atomic E-state index is 13.8. The molecule has 3 aliphatic rings. The lowest BCUT2D eigenvalue weighted by atomic mass is 10.0. The Morgan fingerprint density at radius 3 is 2.45 bits per heavy atom. The van der Waals surface area contributed by atoms with E-state index in [-0.39, 0.29) is 67.9 Å². The minimum atomic E-state index is -1.03. The van der Waals surface area contributed by atoms with Crippen LogP contribution < -0.4 is 25.8 Å². The number of nitrogens with zero attached hydrogens (tertiary/aromatic N) is 5. The Labute approximate surface area is 378 Å². The third-order valence-corrected chi connectivity index (χ3v) is 12.2. The van der Waals surface area contributed by atoms with E-state index in [0.29, 0.717) is 35.9 Å². The number of fused-ring (bicyclic) bond motifs is 1. The van der Waals surface area contributed by atoms with E-state index in [9.17, 15) is 33.6 Å². The summed E-state index contributed by atoms with van der Waals surface area (Å²) < 4.78 is 14.0. The Bertz CT molecular complexity index is 2620. The number of anilines is 3. The van der Waals surface area contributed by atoms with Crippen LogP contribution in [0.2, 0.25) is 0 Å². The van der Waals surface area contributed by atoms with Gasteiger partial charge in [-0.3, -0.25) is 48.7 Å². The molecule has 8 rings (SSSR count). The van der Waals surface area contributed by atoms with Gasteiger partial charge < -0.3 is 29.6 Å². The van der Waals surface area contributed by atoms with Crippen molar-refractivity contribution in [3.05, 3.63) is 119 Å². The normalized spacial score (nSPS) is 16.8. The monoisotopic (exact) mass is 900 g/mol. The SMILES string of the molecule is CC(C)(C)n1ccc(N(C=O)[C@@H](COCc2ccc(C(=O)NCCOC3CN(c4ccc5c(c4)C(=O)N(C4CCC(=O)NC4=O)C5=O)C3)cc2)C(=O)Nc2nc(-c3ccccc3)cs2)c1. The summed E-state index contributed by atoms with van der Waals surface area (Å²) in [5.41, 5.74) is 4.30. The standard InChI is InChI=1S/C47H48N8O9S/c1-47(2,3)53-19-17-33(22-53)54(28-56)39(43(60)51-46-49-37(27-65-46)30-7-5-4-6-8-30)26-63-25-29-9-11-31(12-10-29)41(58)48-18-20-64-34-23-52(24-34)32-13-14-35-36(21-32)45(62)55(44(35)61)38-15-16-40(57)50-42(38)59/h4-14,17,19,21-22,27-28,34,38-39H,15-16,18,20,23-26H2,1-3H3,(H,48,58)(H,49,51,60)(H,50,57,59)/t38?,39-/m0/s1. The van der Waals surface area contributed by atoms with E-state index in [1.54, 1.807) is 48.5 Å². The molecule has 2 atom stereocenters. The molecule has 17 nitrogen and oxygen atoms in total. The second-order valence-electron chi connectivity index (χ2n) is 16.9. The van der Waals surface area contributed by atoms with Crippen molar-refractivity contribution in [2.24, 2.45) is 0 Å². The highest BCUT2D eigenvalue weighted by molar-refractivity contribution is 7.14. The van der Waals surface area contributed by atoms with Crippen LogP contribution in [0.25, 0.3) is 11.3 Å². The van der Waals surface area contributed by atoms with Crippen LogP contribution in [0.1, 0.15) is 70.3 Å². The van der Waals surface area contributed by atoms with Crippen LogP contribution >= 0.6 is 11.3 Å². The number of carbonyl (C=O) groups excluding carboxylic acids is 7. The van der Waals surface area contributed by atoms with Gasteiger partial charge in [0.1, 0.15) is 12.1 Å². The van der Waals surface area contributed by atoms with E-state index >= 15 is 0 Å². The zero-order valence-corrected chi connectivity index (χ0v) is 36.8. The number of imide groups is 2. The second kappa shape index (κ2) is 19.0. The van der Waals surface area contributed by atoms with Crippen molar-refractivity contribution in [3.8, 4) is 11.3 Å². The maximum Gasteiger partial charge on any atom is 0.262 e. The van der Waals surface area contributed by atoms with Gasteiger partial charge in [0, 0.05) is 66.2 Å². The van der Waals surface area contributed by atoms with Crippen LogP contribution in [0.3, 0.4) is 0 Å². The van der Waals surface area contributed by atoms with Gasteiger partial charge in [-0.1, -0.05) is 42.5 Å². The fourth-order valence-corrected chi connectivity index (χ4v) is 8.48. The minimum absolute atomic E-state index is 0.0512. The quantitative estimate of drug-likeness (QED) is 0.0670. The molecule has 3 aromatic carbocycles. The highest BCUT2D eigenvalue weighted by Crippen LogP contribution is 2.33. The first-order valence-electron chi connectivity index (χ1n) is 21.2. The molecule has 0 bridgehead atoms. The van der Waals surface area contributed by atoms with Gasteiger partial charge >= 0.3 is 0 Å². The summed E-state index contributed by atoms with van der Waals surface area (Å²) in [6.45, 7) is 7.74. The number of carbonyl (C=O) groups is 7. The first-order valence-corrected chi connectivity index (χ1v) is 22.1. The largest absolute Gasteiger partial charge is 0.374 e. The molecule has 0 radical (unpaired) electrons. The summed E-state index contributed by atoms with van der Waals surface area (Å²) >= 11 is 1.29. The molecule has 2 saturated heterocycles. The number of amides is 7. The first-order chi connectivity index (χ1) is 31.3. The molecule has 2 fully saturated rings. The summed E-state index contributed by atoms with van der Waals surface area (Å²) in [7, 11) is 0. The molecule has 3 N–H and O–H groups in total. The average molecular weight is 901 g/mol. The Kier molecular flexibility index (Phi) is 13.0. The predicted molar refractivity (Wildman–Crippen MR) is 241 cm³/mol. The van der Waals surface area contributed by atoms with Crippen LogP contribution in [0.15, 0.2) is 96.6 Å². The minimum Gasteiger partial charge on any atom is -0.374 e. The van der Waals surface area contributed by atoms with Gasteiger partial charge in [0.15, 0.2) is 5.13 Å². The van der Waals surface area contributed by atoms with Gasteiger partial charge in [-0.05, 0) is 69.2 Å². The fraction of sp³-hybridized carbons (Fsp3) is 0.319. The Hall–Kier alpha value is -7.02. The number of hydrogen-bond donors (Lipinski definition) is 3. The summed E-state index contributed by atoms with van der Waals surface area (Å²) in [6.07, 6.45) is 4.34. The average Bonchev–Trinajstić information content (AvgIpc) is 4.02. The number of thiazole rings is 1. The van der Waals surface area contributed by atoms with Crippen molar-refractivity contribution in [2.75, 3.05) is 48.0 Å². The summed E-state index contributed by atoms with van der Waals surface area (Å²) in [4.78, 5) is 98.5. The third kappa shape index (κ3) is 9.89. The number of hydrogen-bond acceptors (Lipinski definition) is 12. The van der Waals surface area contributed by atoms with Gasteiger partial charge in [0.05, 0.1) is 48.4 Å². The Morgan fingerprint density at radius 1 is 0.985 bits per heavy atom. The first kappa shape index (κ1) is 44.6. The lowest BCUT2D eigenvalue weighted by molar-refractivity contribution is -0.136. The zero-order valence-electron chi connectivity index (χ0n) is 36.0. The molecular weight excluding hydrogens is 853 g/mol. The molecule has 336 valence electrons. The summed E-state index contributed by atoms with van der Waals surface area (Å²) in [5.74, 6) is -2.93. The van der Waals surface area contributed by atoms with Crippen molar-refractivity contribution in [3.63, 3.8) is 0 Å². The number of ether oxygens (including phenoxy) is 2. The molecule has 0 saturated carbocycles. The van der Waals surface area contributed by atoms with Crippen molar-refractivity contribution in [2.45, 2.75) is 63.9 Å². The van der Waals surface area contributed by atoms with E-state index in [2.05, 4.69) is 20.9 Å². The number of benzene rings is 3. The molecular formula is C47H48N8O9S. The van der Waals surface area contributed by atoms with Crippen molar-refractivity contribution >= 4 is 69.7 Å². The number of rotatable bonds is 17. The van der Waals surface area contributed by atoms with Gasteiger partial charge in [-0.25, -0.2) is 4.98 Å². The second-order valence-corrected chi connectivity index (χ2v) is 17.8. The Morgan fingerprint density at radius 2 is 1.74 bits per heavy atom. The molecule has 5 aromatic rings. The van der Waals surface area contributed by atoms with Gasteiger partial charge in [0.2, 0.25) is 18.2 Å². The predicted octanol–water partition coefficient (Wildman–Crippen LogP) is 4.59. The van der Waals surface area contributed by atoms with Gasteiger partial charge in [-0.2, -0.15) is 0 Å². The van der Waals surface area contributed by atoms with E-state index < -0.39 is 41.6 Å². The molecule has 2 aromatic heterocycles. The van der Waals surface area contributed by atoms with Crippen molar-refractivity contribution in [1.29, 1.82) is 0 Å². The molecule has 7 amide bonds. The van der Waals surface area contributed by atoms with E-state index in [1.807, 2.05) is 78.3 Å². The van der Waals surface area contributed by atoms with E-state index in [0.717, 1.165) is 27.4 Å². The van der Waals surface area contributed by atoms with Gasteiger partial charge in [0.25, 0.3) is 23.6 Å². The van der Waals surface area contributed by atoms with Crippen LogP contribution in [0.5, 0.6) is 0 Å². The molecule has 1 unspecified atom stereocenters. The molecule has 5 heterocycles. The van der Waals surface area contributed by atoms with Crippen LogP contribution in [-0.2, 0) is 40.8 Å². The lowest BCUT2D eigenvalue weighted by Gasteiger charge is -2.40. The van der Waals surface area contributed by atoms with Crippen LogP contribution in [0.4, 0.5) is 16.5 Å². The third-order valence-electron chi connectivity index (χ3n) is 11.4. The molecule has 3 aliphatic heterocycles. The number of aromatic nitrogens is 2.